The number of halogens is 1. The third kappa shape index (κ3) is 4.65. The van der Waals surface area contributed by atoms with Crippen LogP contribution in [0.25, 0.3) is 11.3 Å². The Morgan fingerprint density at radius 1 is 1.06 bits per heavy atom. The van der Waals surface area contributed by atoms with Crippen LogP contribution in [0, 0.1) is 23.1 Å². The maximum atomic E-state index is 13.6. The molecular weight excluding hydrogens is 407 g/mol. The molecule has 4 rings (SSSR count). The number of amides is 2. The minimum absolute atomic E-state index is 0.0572. The van der Waals surface area contributed by atoms with Gasteiger partial charge in [0, 0.05) is 36.5 Å². The molecule has 1 fully saturated rings. The lowest BCUT2D eigenvalue weighted by atomic mass is 9.94. The van der Waals surface area contributed by atoms with E-state index in [9.17, 15) is 19.2 Å². The van der Waals surface area contributed by atoms with Gasteiger partial charge in [0.15, 0.2) is 0 Å². The average Bonchev–Trinajstić information content (AvgIpc) is 2.84. The Balaban J connectivity index is 1.38. The Morgan fingerprint density at radius 3 is 2.59 bits per heavy atom. The van der Waals surface area contributed by atoms with E-state index in [-0.39, 0.29) is 28.9 Å². The Bertz CT molecular complexity index is 1180. The normalized spacial score (nSPS) is 13.9. The fourth-order valence-electron chi connectivity index (χ4n) is 3.84. The van der Waals surface area contributed by atoms with E-state index in [4.69, 9.17) is 0 Å². The number of pyridine rings is 1. The Morgan fingerprint density at radius 2 is 1.88 bits per heavy atom. The molecule has 0 unspecified atom stereocenters. The van der Waals surface area contributed by atoms with Crippen LogP contribution in [0.2, 0.25) is 0 Å². The number of hydrogen-bond donors (Lipinski definition) is 1. The fourth-order valence-corrected chi connectivity index (χ4v) is 3.84. The van der Waals surface area contributed by atoms with Crippen LogP contribution >= 0.6 is 0 Å². The summed E-state index contributed by atoms with van der Waals surface area (Å²) < 4.78 is 13.6. The second-order valence-electron chi connectivity index (χ2n) is 7.65. The lowest BCUT2D eigenvalue weighted by Crippen LogP contribution is -2.41. The summed E-state index contributed by atoms with van der Waals surface area (Å²) in [5.74, 6) is -1.28. The first-order chi connectivity index (χ1) is 15.5. The number of aromatic nitrogens is 1. The second kappa shape index (κ2) is 9.40. The predicted octanol–water partition coefficient (Wildman–Crippen LogP) is 4.25. The number of rotatable bonds is 4. The van der Waals surface area contributed by atoms with Crippen LogP contribution < -0.4 is 5.32 Å². The summed E-state index contributed by atoms with van der Waals surface area (Å²) >= 11 is 0. The molecule has 0 aliphatic carbocycles. The van der Waals surface area contributed by atoms with Gasteiger partial charge in [-0.25, -0.2) is 4.39 Å². The summed E-state index contributed by atoms with van der Waals surface area (Å²) in [5.41, 5.74) is 2.62. The third-order valence-electron chi connectivity index (χ3n) is 5.58. The van der Waals surface area contributed by atoms with E-state index in [1.807, 2.05) is 48.5 Å². The Kier molecular flexibility index (Phi) is 6.22. The van der Waals surface area contributed by atoms with Crippen LogP contribution in [-0.4, -0.2) is 34.8 Å². The molecule has 2 aromatic carbocycles. The first-order valence-corrected chi connectivity index (χ1v) is 10.4. The van der Waals surface area contributed by atoms with Crippen LogP contribution in [0.1, 0.15) is 28.8 Å². The third-order valence-corrected chi connectivity index (χ3v) is 5.58. The highest BCUT2D eigenvalue weighted by Gasteiger charge is 2.29. The standard InChI is InChI=1S/C25H21FN4O2/c26-20-8-7-19(16-27)22(15-20)25(32)30-12-9-17(10-13-30)24(31)29-21-5-3-4-18(14-21)23-6-1-2-11-28-23/h1-8,11,14-15,17H,9-10,12-13H2,(H,29,31). The summed E-state index contributed by atoms with van der Waals surface area (Å²) in [7, 11) is 0. The topological polar surface area (TPSA) is 86.1 Å². The molecular formula is C25H21FN4O2. The molecule has 32 heavy (non-hydrogen) atoms. The molecule has 1 aliphatic heterocycles. The first kappa shape index (κ1) is 21.2. The quantitative estimate of drug-likeness (QED) is 0.673. The first-order valence-electron chi connectivity index (χ1n) is 10.4. The molecule has 0 bridgehead atoms. The predicted molar refractivity (Wildman–Crippen MR) is 118 cm³/mol. The number of nitrogens with one attached hydrogen (secondary N) is 1. The number of anilines is 1. The lowest BCUT2D eigenvalue weighted by molar-refractivity contribution is -0.121. The van der Waals surface area contributed by atoms with Crippen molar-refractivity contribution in [3.05, 3.63) is 83.8 Å². The van der Waals surface area contributed by atoms with Crippen molar-refractivity contribution in [2.45, 2.75) is 12.8 Å². The van der Waals surface area contributed by atoms with Crippen molar-refractivity contribution in [2.24, 2.45) is 5.92 Å². The van der Waals surface area contributed by atoms with Gasteiger partial charge in [0.25, 0.3) is 5.91 Å². The molecule has 0 saturated carbocycles. The van der Waals surface area contributed by atoms with Gasteiger partial charge in [0.1, 0.15) is 5.82 Å². The molecule has 7 heteroatoms. The van der Waals surface area contributed by atoms with E-state index < -0.39 is 5.82 Å². The number of likely N-dealkylation sites (tertiary alicyclic amines) is 1. The number of benzene rings is 2. The molecule has 0 spiro atoms. The minimum Gasteiger partial charge on any atom is -0.339 e. The van der Waals surface area contributed by atoms with Gasteiger partial charge in [-0.3, -0.25) is 14.6 Å². The number of hydrogen-bond acceptors (Lipinski definition) is 4. The van der Waals surface area contributed by atoms with Gasteiger partial charge in [-0.05, 0) is 55.3 Å². The Labute approximate surface area is 185 Å². The molecule has 0 atom stereocenters. The van der Waals surface area contributed by atoms with Crippen molar-refractivity contribution in [1.82, 2.24) is 9.88 Å². The maximum Gasteiger partial charge on any atom is 0.255 e. The van der Waals surface area contributed by atoms with Gasteiger partial charge in [0.05, 0.1) is 22.9 Å². The molecule has 3 aromatic rings. The maximum absolute atomic E-state index is 13.6. The molecule has 1 aromatic heterocycles. The number of nitriles is 1. The van der Waals surface area contributed by atoms with Crippen LogP contribution in [0.15, 0.2) is 66.9 Å². The lowest BCUT2D eigenvalue weighted by Gasteiger charge is -2.31. The summed E-state index contributed by atoms with van der Waals surface area (Å²) in [4.78, 5) is 31.5. The zero-order chi connectivity index (χ0) is 22.5. The van der Waals surface area contributed by atoms with Gasteiger partial charge in [-0.1, -0.05) is 18.2 Å². The van der Waals surface area contributed by atoms with Gasteiger partial charge in [-0.15, -0.1) is 0 Å². The molecule has 160 valence electrons. The summed E-state index contributed by atoms with van der Waals surface area (Å²) in [6.07, 6.45) is 2.71. The van der Waals surface area contributed by atoms with Crippen LogP contribution in [0.5, 0.6) is 0 Å². The molecule has 1 saturated heterocycles. The fraction of sp³-hybridized carbons (Fsp3) is 0.200. The van der Waals surface area contributed by atoms with Crippen LogP contribution in [0.3, 0.4) is 0 Å². The van der Waals surface area contributed by atoms with E-state index in [0.717, 1.165) is 23.4 Å². The van der Waals surface area contributed by atoms with E-state index >= 15 is 0 Å². The van der Waals surface area contributed by atoms with E-state index in [2.05, 4.69) is 10.3 Å². The monoisotopic (exact) mass is 428 g/mol. The van der Waals surface area contributed by atoms with Gasteiger partial charge >= 0.3 is 0 Å². The summed E-state index contributed by atoms with van der Waals surface area (Å²) in [6, 6.07) is 18.7. The number of piperidine rings is 1. The zero-order valence-electron chi connectivity index (χ0n) is 17.3. The molecule has 6 nitrogen and oxygen atoms in total. The molecule has 1 aliphatic rings. The second-order valence-corrected chi connectivity index (χ2v) is 7.65. The summed E-state index contributed by atoms with van der Waals surface area (Å²) in [5, 5.41) is 12.2. The van der Waals surface area contributed by atoms with Gasteiger partial charge in [-0.2, -0.15) is 5.26 Å². The van der Waals surface area contributed by atoms with Crippen molar-refractivity contribution in [3.63, 3.8) is 0 Å². The highest BCUT2D eigenvalue weighted by Crippen LogP contribution is 2.24. The SMILES string of the molecule is N#Cc1ccc(F)cc1C(=O)N1CCC(C(=O)Nc2cccc(-c3ccccn3)c2)CC1. The molecule has 0 radical (unpaired) electrons. The highest BCUT2D eigenvalue weighted by atomic mass is 19.1. The van der Waals surface area contributed by atoms with Gasteiger partial charge < -0.3 is 10.2 Å². The van der Waals surface area contributed by atoms with Gasteiger partial charge in [0.2, 0.25) is 5.91 Å². The van der Waals surface area contributed by atoms with Crippen molar-refractivity contribution in [3.8, 4) is 17.3 Å². The van der Waals surface area contributed by atoms with Crippen LogP contribution in [-0.2, 0) is 4.79 Å². The van der Waals surface area contributed by atoms with Crippen molar-refractivity contribution >= 4 is 17.5 Å². The Hall–Kier alpha value is -4.05. The number of nitrogens with zero attached hydrogens (tertiary/aromatic N) is 3. The van der Waals surface area contributed by atoms with E-state index in [0.29, 0.717) is 31.6 Å². The van der Waals surface area contributed by atoms with Crippen molar-refractivity contribution < 1.29 is 14.0 Å². The van der Waals surface area contributed by atoms with E-state index in [1.165, 1.54) is 6.07 Å². The zero-order valence-corrected chi connectivity index (χ0v) is 17.3. The largest absolute Gasteiger partial charge is 0.339 e. The molecule has 2 heterocycles. The highest BCUT2D eigenvalue weighted by molar-refractivity contribution is 5.97. The minimum atomic E-state index is -0.561. The van der Waals surface area contributed by atoms with Crippen molar-refractivity contribution in [2.75, 3.05) is 18.4 Å². The number of carbonyl (C=O) groups is 2. The number of carbonyl (C=O) groups excluding carboxylic acids is 2. The summed E-state index contributed by atoms with van der Waals surface area (Å²) in [6.45, 7) is 0.735. The van der Waals surface area contributed by atoms with Crippen molar-refractivity contribution in [1.29, 1.82) is 5.26 Å². The smallest absolute Gasteiger partial charge is 0.255 e. The molecule has 1 N–H and O–H groups in total. The van der Waals surface area contributed by atoms with E-state index in [1.54, 1.807) is 11.1 Å². The average molecular weight is 428 g/mol. The molecule has 2 amide bonds. The van der Waals surface area contributed by atoms with Crippen LogP contribution in [0.4, 0.5) is 10.1 Å².